The summed E-state index contributed by atoms with van der Waals surface area (Å²) in [7, 11) is -3.61. The number of sulfonamides is 1. The summed E-state index contributed by atoms with van der Waals surface area (Å²) in [5, 5.41) is 12.6. The van der Waals surface area contributed by atoms with Crippen LogP contribution in [0.4, 0.5) is 22.9 Å². The summed E-state index contributed by atoms with van der Waals surface area (Å²) in [6.45, 7) is 4.07. The molecule has 4 rings (SSSR count). The Morgan fingerprint density at radius 2 is 1.65 bits per heavy atom. The summed E-state index contributed by atoms with van der Waals surface area (Å²) in [6.07, 6.45) is 5.74. The van der Waals surface area contributed by atoms with Crippen molar-refractivity contribution < 1.29 is 8.42 Å². The quantitative estimate of drug-likeness (QED) is 0.566. The number of hydrogen-bond donors (Lipinski definition) is 2. The lowest BCUT2D eigenvalue weighted by molar-refractivity contribution is 0.609. The lowest BCUT2D eigenvalue weighted by Gasteiger charge is -2.17. The molecule has 0 spiro atoms. The predicted molar refractivity (Wildman–Crippen MR) is 126 cm³/mol. The Hall–Kier alpha value is -3.39. The third-order valence-electron chi connectivity index (χ3n) is 5.05. The molecule has 1 aliphatic rings. The summed E-state index contributed by atoms with van der Waals surface area (Å²) >= 11 is 0. The van der Waals surface area contributed by atoms with E-state index in [9.17, 15) is 8.42 Å². The van der Waals surface area contributed by atoms with Crippen molar-refractivity contribution in [1.82, 2.24) is 10.2 Å². The highest BCUT2D eigenvalue weighted by Gasteiger charge is 2.13. The topological polar surface area (TPSA) is 87.2 Å². The van der Waals surface area contributed by atoms with Gasteiger partial charge in [-0.15, -0.1) is 5.10 Å². The lowest BCUT2D eigenvalue weighted by Crippen LogP contribution is -2.18. The molecule has 3 aromatic rings. The molecule has 2 aromatic carbocycles. The molecule has 31 heavy (non-hydrogen) atoms. The maximum absolute atomic E-state index is 12.3. The van der Waals surface area contributed by atoms with Crippen LogP contribution in [0.5, 0.6) is 0 Å². The highest BCUT2D eigenvalue weighted by atomic mass is 32.2. The summed E-state index contributed by atoms with van der Waals surface area (Å²) in [6, 6.07) is 16.6. The van der Waals surface area contributed by atoms with Gasteiger partial charge in [-0.25, -0.2) is 8.42 Å². The second-order valence-corrected chi connectivity index (χ2v) is 9.12. The van der Waals surface area contributed by atoms with Crippen LogP contribution >= 0.6 is 0 Å². The Kier molecular flexibility index (Phi) is 6.18. The van der Waals surface area contributed by atoms with Crippen LogP contribution in [0.1, 0.15) is 24.0 Å². The van der Waals surface area contributed by atoms with Crippen molar-refractivity contribution in [3.63, 3.8) is 0 Å². The van der Waals surface area contributed by atoms with Crippen LogP contribution in [-0.2, 0) is 10.0 Å². The number of anilines is 4. The molecular weight excluding hydrogens is 410 g/mol. The van der Waals surface area contributed by atoms with Gasteiger partial charge in [-0.2, -0.15) is 5.10 Å². The fourth-order valence-corrected chi connectivity index (χ4v) is 4.25. The van der Waals surface area contributed by atoms with E-state index in [0.717, 1.165) is 35.6 Å². The van der Waals surface area contributed by atoms with Gasteiger partial charge in [0.25, 0.3) is 10.0 Å². The van der Waals surface area contributed by atoms with Crippen molar-refractivity contribution >= 4 is 39.0 Å². The monoisotopic (exact) mass is 435 g/mol. The first kappa shape index (κ1) is 20.9. The molecule has 0 saturated carbocycles. The van der Waals surface area contributed by atoms with Crippen LogP contribution in [0, 0.1) is 6.92 Å². The Morgan fingerprint density at radius 3 is 2.35 bits per heavy atom. The highest BCUT2D eigenvalue weighted by molar-refractivity contribution is 7.95. The number of hydrogen-bond acceptors (Lipinski definition) is 6. The smallest absolute Gasteiger partial charge is 0.255 e. The first-order valence-corrected chi connectivity index (χ1v) is 11.7. The van der Waals surface area contributed by atoms with E-state index in [1.54, 1.807) is 36.5 Å². The largest absolute Gasteiger partial charge is 0.370 e. The maximum Gasteiger partial charge on any atom is 0.255 e. The third-order valence-corrected chi connectivity index (χ3v) is 6.06. The van der Waals surface area contributed by atoms with Crippen LogP contribution in [0.3, 0.4) is 0 Å². The Labute approximate surface area is 182 Å². The Balaban J connectivity index is 1.39. The van der Waals surface area contributed by atoms with Crippen LogP contribution in [0.15, 0.2) is 66.2 Å². The zero-order valence-electron chi connectivity index (χ0n) is 17.3. The minimum Gasteiger partial charge on any atom is -0.370 e. The molecule has 1 saturated heterocycles. The van der Waals surface area contributed by atoms with Gasteiger partial charge < -0.3 is 10.2 Å². The number of nitrogens with one attached hydrogen (secondary N) is 2. The Bertz CT molecular complexity index is 1150. The van der Waals surface area contributed by atoms with Crippen molar-refractivity contribution in [3.05, 3.63) is 77.3 Å². The van der Waals surface area contributed by atoms with Gasteiger partial charge in [0.2, 0.25) is 0 Å². The van der Waals surface area contributed by atoms with E-state index in [4.69, 9.17) is 0 Å². The van der Waals surface area contributed by atoms with Crippen LogP contribution in [0.25, 0.3) is 6.08 Å². The van der Waals surface area contributed by atoms with E-state index in [-0.39, 0.29) is 0 Å². The standard InChI is InChI=1S/C23H25N5O2S/c1-18-4-6-19(7-5-18)12-15-31(29,30)27-21-10-8-20(9-11-21)25-23-16-22(17-24-26-23)28-13-2-3-14-28/h4-12,15-17,27H,2-3,13-14H2,1H3,(H,25,26)/b15-12+. The lowest BCUT2D eigenvalue weighted by atomic mass is 10.2. The highest BCUT2D eigenvalue weighted by Crippen LogP contribution is 2.23. The van der Waals surface area contributed by atoms with E-state index in [0.29, 0.717) is 11.5 Å². The average Bonchev–Trinajstić information content (AvgIpc) is 3.30. The van der Waals surface area contributed by atoms with Crippen molar-refractivity contribution in [2.45, 2.75) is 19.8 Å². The Morgan fingerprint density at radius 1 is 0.968 bits per heavy atom. The van der Waals surface area contributed by atoms with Gasteiger partial charge >= 0.3 is 0 Å². The first-order chi connectivity index (χ1) is 15.0. The van der Waals surface area contributed by atoms with Gasteiger partial charge in [0.05, 0.1) is 17.3 Å². The molecule has 7 nitrogen and oxygen atoms in total. The average molecular weight is 436 g/mol. The number of rotatable bonds is 7. The number of aromatic nitrogens is 2. The molecule has 0 unspecified atom stereocenters. The number of benzene rings is 2. The van der Waals surface area contributed by atoms with Gasteiger partial charge in [0.1, 0.15) is 0 Å². The van der Waals surface area contributed by atoms with Gasteiger partial charge in [0, 0.05) is 30.5 Å². The fourth-order valence-electron chi connectivity index (χ4n) is 3.38. The minimum atomic E-state index is -3.61. The second-order valence-electron chi connectivity index (χ2n) is 7.56. The molecule has 1 fully saturated rings. The summed E-state index contributed by atoms with van der Waals surface area (Å²) in [5.41, 5.74) is 4.29. The van der Waals surface area contributed by atoms with Gasteiger partial charge in [-0.1, -0.05) is 29.8 Å². The molecule has 160 valence electrons. The zero-order valence-corrected chi connectivity index (χ0v) is 18.1. The fraction of sp³-hybridized carbons (Fsp3) is 0.217. The molecule has 0 amide bonds. The van der Waals surface area contributed by atoms with Crippen molar-refractivity contribution in [2.75, 3.05) is 28.0 Å². The molecular formula is C23H25N5O2S. The maximum atomic E-state index is 12.3. The normalized spacial score (nSPS) is 14.2. The number of aryl methyl sites for hydroxylation is 1. The van der Waals surface area contributed by atoms with Crippen molar-refractivity contribution in [2.24, 2.45) is 0 Å². The van der Waals surface area contributed by atoms with E-state index in [1.165, 1.54) is 18.2 Å². The minimum absolute atomic E-state index is 0.482. The van der Waals surface area contributed by atoms with Crippen LogP contribution in [-0.4, -0.2) is 31.7 Å². The zero-order chi connectivity index (χ0) is 21.7. The SMILES string of the molecule is Cc1ccc(/C=C/S(=O)(=O)Nc2ccc(Nc3cc(N4CCCC4)cnn3)cc2)cc1. The van der Waals surface area contributed by atoms with Gasteiger partial charge in [-0.05, 0) is 55.7 Å². The van der Waals surface area contributed by atoms with E-state index < -0.39 is 10.0 Å². The molecule has 8 heteroatoms. The first-order valence-electron chi connectivity index (χ1n) is 10.2. The molecule has 0 aliphatic carbocycles. The second kappa shape index (κ2) is 9.18. The summed E-state index contributed by atoms with van der Waals surface area (Å²) in [5.74, 6) is 0.652. The summed E-state index contributed by atoms with van der Waals surface area (Å²) < 4.78 is 27.2. The van der Waals surface area contributed by atoms with E-state index in [1.807, 2.05) is 37.3 Å². The molecule has 1 aliphatic heterocycles. The molecule has 0 bridgehead atoms. The van der Waals surface area contributed by atoms with Gasteiger partial charge in [-0.3, -0.25) is 4.72 Å². The number of nitrogens with zero attached hydrogens (tertiary/aromatic N) is 3. The molecule has 0 atom stereocenters. The molecule has 2 N–H and O–H groups in total. The van der Waals surface area contributed by atoms with Crippen LogP contribution < -0.4 is 14.9 Å². The van der Waals surface area contributed by atoms with E-state index in [2.05, 4.69) is 25.1 Å². The molecule has 0 radical (unpaired) electrons. The third kappa shape index (κ3) is 5.82. The van der Waals surface area contributed by atoms with Crippen molar-refractivity contribution in [1.29, 1.82) is 0 Å². The van der Waals surface area contributed by atoms with Crippen LogP contribution in [0.2, 0.25) is 0 Å². The molecule has 2 heterocycles. The predicted octanol–water partition coefficient (Wildman–Crippen LogP) is 4.54. The van der Waals surface area contributed by atoms with Crippen molar-refractivity contribution in [3.8, 4) is 0 Å². The summed E-state index contributed by atoms with van der Waals surface area (Å²) in [4.78, 5) is 2.29. The van der Waals surface area contributed by atoms with E-state index >= 15 is 0 Å². The molecule has 1 aromatic heterocycles. The van der Waals surface area contributed by atoms with Gasteiger partial charge in [0.15, 0.2) is 5.82 Å².